The molecular formula is C6H14N4. The topological polar surface area (TPSA) is 62.4 Å². The molecule has 0 heterocycles. The second-order valence-electron chi connectivity index (χ2n) is 2.19. The lowest BCUT2D eigenvalue weighted by molar-refractivity contribution is 0.659. The third-order valence-corrected chi connectivity index (χ3v) is 1.10. The summed E-state index contributed by atoms with van der Waals surface area (Å²) in [6.07, 6.45) is 1.68. The van der Waals surface area contributed by atoms with Gasteiger partial charge in [-0.1, -0.05) is 13.8 Å². The quantitative estimate of drug-likeness (QED) is 0.297. The minimum Gasteiger partial charge on any atom is -0.326 e. The molecule has 0 saturated heterocycles. The van der Waals surface area contributed by atoms with Crippen LogP contribution in [0.5, 0.6) is 0 Å². The van der Waals surface area contributed by atoms with Crippen molar-refractivity contribution in [3.05, 3.63) is 11.9 Å². The Labute approximate surface area is 61.1 Å². The van der Waals surface area contributed by atoms with Gasteiger partial charge in [0.15, 0.2) is 0 Å². The first kappa shape index (κ1) is 8.97. The molecule has 4 heteroatoms. The van der Waals surface area contributed by atoms with Crippen molar-refractivity contribution in [1.82, 2.24) is 10.9 Å². The van der Waals surface area contributed by atoms with E-state index >= 15 is 0 Å². The average Bonchev–Trinajstić information content (AvgIpc) is 1.89. The zero-order valence-corrected chi connectivity index (χ0v) is 6.39. The fourth-order valence-electron chi connectivity index (χ4n) is 0.490. The molecule has 0 bridgehead atoms. The van der Waals surface area contributed by atoms with Gasteiger partial charge in [0.1, 0.15) is 0 Å². The molecule has 4 N–H and O–H groups in total. The van der Waals surface area contributed by atoms with E-state index in [0.717, 1.165) is 5.70 Å². The van der Waals surface area contributed by atoms with E-state index in [2.05, 4.69) is 22.7 Å². The molecule has 0 aromatic heterocycles. The maximum Gasteiger partial charge on any atom is 0.0460 e. The van der Waals surface area contributed by atoms with Crippen LogP contribution >= 0.6 is 0 Å². The summed E-state index contributed by atoms with van der Waals surface area (Å²) in [7, 11) is 0. The summed E-state index contributed by atoms with van der Waals surface area (Å²) in [5, 5.41) is 3.43. The molecule has 0 aromatic rings. The Morgan fingerprint density at radius 1 is 1.70 bits per heavy atom. The van der Waals surface area contributed by atoms with Gasteiger partial charge in [0.05, 0.1) is 0 Å². The fraction of sp³-hybridized carbons (Fsp3) is 0.500. The Kier molecular flexibility index (Phi) is 4.32. The van der Waals surface area contributed by atoms with Gasteiger partial charge in [-0.3, -0.25) is 11.3 Å². The highest BCUT2D eigenvalue weighted by Gasteiger charge is 1.97. The van der Waals surface area contributed by atoms with Crippen LogP contribution in [0.25, 0.3) is 0 Å². The number of hydrazine groups is 1. The monoisotopic (exact) mass is 142 g/mol. The second-order valence-corrected chi connectivity index (χ2v) is 2.19. The van der Waals surface area contributed by atoms with Crippen molar-refractivity contribution in [2.75, 3.05) is 0 Å². The molecule has 4 nitrogen and oxygen atoms in total. The van der Waals surface area contributed by atoms with Gasteiger partial charge < -0.3 is 5.43 Å². The number of hydrogen-bond acceptors (Lipinski definition) is 4. The molecule has 10 heavy (non-hydrogen) atoms. The predicted molar refractivity (Wildman–Crippen MR) is 42.9 cm³/mol. The number of hydrazone groups is 1. The Bertz CT molecular complexity index is 128. The first-order valence-electron chi connectivity index (χ1n) is 3.10. The first-order chi connectivity index (χ1) is 4.72. The summed E-state index contributed by atoms with van der Waals surface area (Å²) >= 11 is 0. The summed E-state index contributed by atoms with van der Waals surface area (Å²) in [6.45, 7) is 7.30. The van der Waals surface area contributed by atoms with E-state index in [1.165, 1.54) is 0 Å². The largest absolute Gasteiger partial charge is 0.326 e. The van der Waals surface area contributed by atoms with Gasteiger partial charge in [-0.15, -0.1) is 0 Å². The van der Waals surface area contributed by atoms with Gasteiger partial charge in [0, 0.05) is 18.6 Å². The molecule has 0 aliphatic heterocycles. The van der Waals surface area contributed by atoms with Crippen LogP contribution in [0.3, 0.4) is 0 Å². The van der Waals surface area contributed by atoms with Crippen molar-refractivity contribution in [3.8, 4) is 0 Å². The van der Waals surface area contributed by atoms with Crippen molar-refractivity contribution >= 4 is 6.72 Å². The molecule has 0 radical (unpaired) electrons. The number of nitrogens with two attached hydrogens (primary N) is 1. The van der Waals surface area contributed by atoms with Gasteiger partial charge in [-0.2, -0.15) is 5.10 Å². The molecule has 0 aliphatic carbocycles. The molecule has 58 valence electrons. The summed E-state index contributed by atoms with van der Waals surface area (Å²) in [5.74, 6) is 5.55. The molecule has 0 fully saturated rings. The zero-order valence-electron chi connectivity index (χ0n) is 6.39. The van der Waals surface area contributed by atoms with E-state index in [9.17, 15) is 0 Å². The predicted octanol–water partition coefficient (Wildman–Crippen LogP) is 0.152. The molecule has 0 unspecified atom stereocenters. The van der Waals surface area contributed by atoms with Crippen molar-refractivity contribution in [1.29, 1.82) is 0 Å². The lowest BCUT2D eigenvalue weighted by atomic mass is 10.1. The number of allylic oxidation sites excluding steroid dienone is 1. The third kappa shape index (κ3) is 3.09. The van der Waals surface area contributed by atoms with Crippen LogP contribution < -0.4 is 16.7 Å². The highest BCUT2D eigenvalue weighted by atomic mass is 15.3. The van der Waals surface area contributed by atoms with Crippen LogP contribution in [0.2, 0.25) is 0 Å². The SMILES string of the molecule is C=NN/C=C(\NN)C(C)C. The van der Waals surface area contributed by atoms with Crippen LogP contribution in [0, 0.1) is 5.92 Å². The summed E-state index contributed by atoms with van der Waals surface area (Å²) in [5.41, 5.74) is 6.03. The summed E-state index contributed by atoms with van der Waals surface area (Å²) in [6, 6.07) is 0. The van der Waals surface area contributed by atoms with Crippen LogP contribution in [-0.4, -0.2) is 6.72 Å². The second kappa shape index (κ2) is 4.81. The molecule has 0 rings (SSSR count). The number of nitrogens with one attached hydrogen (secondary N) is 2. The molecular weight excluding hydrogens is 128 g/mol. The highest BCUT2D eigenvalue weighted by Crippen LogP contribution is 2.01. The Morgan fingerprint density at radius 2 is 2.30 bits per heavy atom. The van der Waals surface area contributed by atoms with Crippen molar-refractivity contribution in [2.45, 2.75) is 13.8 Å². The highest BCUT2D eigenvalue weighted by molar-refractivity contribution is 5.22. The van der Waals surface area contributed by atoms with Crippen molar-refractivity contribution < 1.29 is 0 Å². The van der Waals surface area contributed by atoms with Crippen molar-refractivity contribution in [2.24, 2.45) is 16.9 Å². The van der Waals surface area contributed by atoms with Gasteiger partial charge in [-0.25, -0.2) is 0 Å². The maximum absolute atomic E-state index is 5.19. The fourth-order valence-corrected chi connectivity index (χ4v) is 0.490. The minimum atomic E-state index is 0.360. The van der Waals surface area contributed by atoms with E-state index in [4.69, 9.17) is 5.84 Å². The molecule has 0 atom stereocenters. The minimum absolute atomic E-state index is 0.360. The van der Waals surface area contributed by atoms with Crippen LogP contribution in [0.4, 0.5) is 0 Å². The molecule has 0 aliphatic rings. The van der Waals surface area contributed by atoms with Crippen LogP contribution in [-0.2, 0) is 0 Å². The van der Waals surface area contributed by atoms with Crippen LogP contribution in [0.1, 0.15) is 13.8 Å². The average molecular weight is 142 g/mol. The van der Waals surface area contributed by atoms with E-state index in [0.29, 0.717) is 5.92 Å². The van der Waals surface area contributed by atoms with E-state index in [-0.39, 0.29) is 0 Å². The standard InChI is InChI=1S/C6H14N4/c1-5(2)6(10-7)4-9-8-3/h4-5,9-10H,3,7H2,1-2H3/b6-4-. The van der Waals surface area contributed by atoms with E-state index in [1.54, 1.807) is 6.20 Å². The summed E-state index contributed by atoms with van der Waals surface area (Å²) < 4.78 is 0. The van der Waals surface area contributed by atoms with Gasteiger partial charge >= 0.3 is 0 Å². The van der Waals surface area contributed by atoms with E-state index < -0.39 is 0 Å². The molecule has 0 amide bonds. The molecule has 0 saturated carbocycles. The zero-order chi connectivity index (χ0) is 7.98. The van der Waals surface area contributed by atoms with Gasteiger partial charge in [0.25, 0.3) is 0 Å². The normalized spacial score (nSPS) is 11.4. The number of hydrogen-bond donors (Lipinski definition) is 3. The molecule has 0 spiro atoms. The number of nitrogens with zero attached hydrogens (tertiary/aromatic N) is 1. The summed E-state index contributed by atoms with van der Waals surface area (Å²) in [4.78, 5) is 0. The van der Waals surface area contributed by atoms with Gasteiger partial charge in [-0.05, 0) is 5.92 Å². The van der Waals surface area contributed by atoms with Crippen molar-refractivity contribution in [3.63, 3.8) is 0 Å². The van der Waals surface area contributed by atoms with E-state index in [1.807, 2.05) is 13.8 Å². The smallest absolute Gasteiger partial charge is 0.0460 e. The van der Waals surface area contributed by atoms with Crippen LogP contribution in [0.15, 0.2) is 17.0 Å². The third-order valence-electron chi connectivity index (χ3n) is 1.10. The Balaban J connectivity index is 3.90. The lowest BCUT2D eigenvalue weighted by Gasteiger charge is -2.08. The maximum atomic E-state index is 5.19. The lowest BCUT2D eigenvalue weighted by Crippen LogP contribution is -2.25. The number of rotatable bonds is 4. The molecule has 0 aromatic carbocycles. The van der Waals surface area contributed by atoms with Gasteiger partial charge in [0.2, 0.25) is 0 Å². The Hall–Kier alpha value is -1.03. The Morgan fingerprint density at radius 3 is 2.60 bits per heavy atom. The first-order valence-corrected chi connectivity index (χ1v) is 3.10.